The summed E-state index contributed by atoms with van der Waals surface area (Å²) in [5.74, 6) is 0.471. The molecule has 2 N–H and O–H groups in total. The molecule has 3 rings (SSSR count). The molecule has 8 nitrogen and oxygen atoms in total. The summed E-state index contributed by atoms with van der Waals surface area (Å²) in [7, 11) is 0. The topological polar surface area (TPSA) is 91.1 Å². The third-order valence-electron chi connectivity index (χ3n) is 4.46. The standard InChI is InChI=1S/C18H24N4O4/c1-14(23)26-15(13-22-17(24)5-6-18(22)25)12-20-8-10-21(11-9-20)16-4-2-3-7-19-16/h2-7,15,24-25H,8-13H2,1H3. The number of rotatable bonds is 6. The summed E-state index contributed by atoms with van der Waals surface area (Å²) in [6.07, 6.45) is 1.33. The van der Waals surface area contributed by atoms with Crippen LogP contribution >= 0.6 is 0 Å². The van der Waals surface area contributed by atoms with Gasteiger partial charge in [-0.15, -0.1) is 0 Å². The molecule has 0 aromatic carbocycles. The summed E-state index contributed by atoms with van der Waals surface area (Å²) in [6.45, 7) is 5.41. The minimum Gasteiger partial charge on any atom is -0.494 e. The summed E-state index contributed by atoms with van der Waals surface area (Å²) >= 11 is 0. The van der Waals surface area contributed by atoms with Crippen LogP contribution in [0, 0.1) is 0 Å². The molecule has 140 valence electrons. The Morgan fingerprint density at radius 1 is 1.12 bits per heavy atom. The van der Waals surface area contributed by atoms with E-state index < -0.39 is 6.10 Å². The fraction of sp³-hybridized carbons (Fsp3) is 0.444. The number of carbonyl (C=O) groups is 1. The molecule has 1 unspecified atom stereocenters. The van der Waals surface area contributed by atoms with Crippen molar-refractivity contribution < 1.29 is 19.7 Å². The van der Waals surface area contributed by atoms with E-state index in [0.717, 1.165) is 32.0 Å². The van der Waals surface area contributed by atoms with Crippen molar-refractivity contribution in [2.75, 3.05) is 37.6 Å². The average molecular weight is 360 g/mol. The number of nitrogens with zero attached hydrogens (tertiary/aromatic N) is 4. The van der Waals surface area contributed by atoms with Gasteiger partial charge in [0, 0.05) is 58.0 Å². The number of hydrogen-bond acceptors (Lipinski definition) is 7. The summed E-state index contributed by atoms with van der Waals surface area (Å²) in [5.41, 5.74) is 0. The first kappa shape index (κ1) is 18.1. The van der Waals surface area contributed by atoms with Gasteiger partial charge in [-0.1, -0.05) is 6.07 Å². The highest BCUT2D eigenvalue weighted by molar-refractivity contribution is 5.66. The van der Waals surface area contributed by atoms with Crippen molar-refractivity contribution in [2.45, 2.75) is 19.6 Å². The summed E-state index contributed by atoms with van der Waals surface area (Å²) < 4.78 is 6.73. The molecule has 2 aromatic heterocycles. The van der Waals surface area contributed by atoms with E-state index in [-0.39, 0.29) is 24.3 Å². The van der Waals surface area contributed by atoms with Gasteiger partial charge in [-0.25, -0.2) is 4.98 Å². The molecule has 3 heterocycles. The van der Waals surface area contributed by atoms with Gasteiger partial charge in [0.25, 0.3) is 0 Å². The number of piperazine rings is 1. The lowest BCUT2D eigenvalue weighted by Crippen LogP contribution is -2.49. The van der Waals surface area contributed by atoms with Gasteiger partial charge in [-0.3, -0.25) is 14.3 Å². The highest BCUT2D eigenvalue weighted by Crippen LogP contribution is 2.22. The Bertz CT molecular complexity index is 707. The van der Waals surface area contributed by atoms with Gasteiger partial charge in [0.05, 0.1) is 6.54 Å². The molecule has 1 aliphatic rings. The third kappa shape index (κ3) is 4.45. The number of aromatic hydroxyl groups is 2. The fourth-order valence-electron chi connectivity index (χ4n) is 3.19. The van der Waals surface area contributed by atoms with Crippen LogP contribution in [0.2, 0.25) is 0 Å². The van der Waals surface area contributed by atoms with Crippen LogP contribution in [0.1, 0.15) is 6.92 Å². The molecule has 0 amide bonds. The number of hydrogen-bond donors (Lipinski definition) is 2. The van der Waals surface area contributed by atoms with Gasteiger partial charge in [-0.05, 0) is 12.1 Å². The maximum Gasteiger partial charge on any atom is 0.303 e. The molecule has 8 heteroatoms. The van der Waals surface area contributed by atoms with Crippen LogP contribution in [0.5, 0.6) is 11.8 Å². The van der Waals surface area contributed by atoms with E-state index in [9.17, 15) is 15.0 Å². The normalized spacial score (nSPS) is 16.4. The van der Waals surface area contributed by atoms with Gasteiger partial charge in [-0.2, -0.15) is 0 Å². The Hall–Kier alpha value is -2.74. The molecule has 1 fully saturated rings. The first-order valence-corrected chi connectivity index (χ1v) is 8.66. The summed E-state index contributed by atoms with van der Waals surface area (Å²) in [4.78, 5) is 20.3. The van der Waals surface area contributed by atoms with Gasteiger partial charge in [0.15, 0.2) is 11.8 Å². The Morgan fingerprint density at radius 2 is 1.81 bits per heavy atom. The first-order chi connectivity index (χ1) is 12.5. The van der Waals surface area contributed by atoms with Crippen LogP contribution in [0.15, 0.2) is 36.5 Å². The monoisotopic (exact) mass is 360 g/mol. The molecule has 0 spiro atoms. The molecule has 1 aliphatic heterocycles. The molecule has 0 aliphatic carbocycles. The van der Waals surface area contributed by atoms with E-state index in [1.165, 1.54) is 23.6 Å². The molecule has 1 atom stereocenters. The van der Waals surface area contributed by atoms with Crippen LogP contribution < -0.4 is 4.90 Å². The zero-order valence-corrected chi connectivity index (χ0v) is 14.8. The Labute approximate surface area is 152 Å². The Morgan fingerprint density at radius 3 is 2.38 bits per heavy atom. The van der Waals surface area contributed by atoms with Gasteiger partial charge >= 0.3 is 5.97 Å². The Balaban J connectivity index is 1.58. The van der Waals surface area contributed by atoms with Crippen molar-refractivity contribution in [3.63, 3.8) is 0 Å². The maximum atomic E-state index is 11.4. The van der Waals surface area contributed by atoms with Crippen molar-refractivity contribution in [1.29, 1.82) is 0 Å². The smallest absolute Gasteiger partial charge is 0.303 e. The number of anilines is 1. The largest absolute Gasteiger partial charge is 0.494 e. The predicted octanol–water partition coefficient (Wildman–Crippen LogP) is 1.05. The van der Waals surface area contributed by atoms with E-state index in [0.29, 0.717) is 6.54 Å². The van der Waals surface area contributed by atoms with Crippen molar-refractivity contribution in [1.82, 2.24) is 14.5 Å². The van der Waals surface area contributed by atoms with E-state index in [1.54, 1.807) is 6.20 Å². The van der Waals surface area contributed by atoms with Crippen LogP contribution in [0.25, 0.3) is 0 Å². The van der Waals surface area contributed by atoms with Crippen molar-refractivity contribution in [2.24, 2.45) is 0 Å². The molecule has 2 aromatic rings. The van der Waals surface area contributed by atoms with E-state index in [1.807, 2.05) is 18.2 Å². The highest BCUT2D eigenvalue weighted by Gasteiger charge is 2.24. The van der Waals surface area contributed by atoms with Crippen molar-refractivity contribution in [3.05, 3.63) is 36.5 Å². The van der Waals surface area contributed by atoms with Crippen molar-refractivity contribution >= 4 is 11.8 Å². The number of ether oxygens (including phenoxy) is 1. The zero-order chi connectivity index (χ0) is 18.5. The second kappa shape index (κ2) is 8.09. The summed E-state index contributed by atoms with van der Waals surface area (Å²) in [6, 6.07) is 8.68. The highest BCUT2D eigenvalue weighted by atomic mass is 16.5. The van der Waals surface area contributed by atoms with Gasteiger partial charge in [0.1, 0.15) is 11.9 Å². The quantitative estimate of drug-likeness (QED) is 0.744. The first-order valence-electron chi connectivity index (χ1n) is 8.66. The van der Waals surface area contributed by atoms with E-state index in [2.05, 4.69) is 14.8 Å². The SMILES string of the molecule is CC(=O)OC(CN1CCN(c2ccccn2)CC1)Cn1c(O)ccc1O. The van der Waals surface area contributed by atoms with Crippen LogP contribution in [0.4, 0.5) is 5.82 Å². The molecule has 1 saturated heterocycles. The maximum absolute atomic E-state index is 11.4. The van der Waals surface area contributed by atoms with Crippen LogP contribution in [-0.2, 0) is 16.1 Å². The minimum absolute atomic E-state index is 0.0559. The second-order valence-electron chi connectivity index (χ2n) is 6.37. The molecular weight excluding hydrogens is 336 g/mol. The Kier molecular flexibility index (Phi) is 5.62. The average Bonchev–Trinajstić information content (AvgIpc) is 2.94. The molecule has 0 bridgehead atoms. The van der Waals surface area contributed by atoms with Gasteiger partial charge < -0.3 is 19.8 Å². The number of carbonyl (C=O) groups excluding carboxylic acids is 1. The van der Waals surface area contributed by atoms with Crippen molar-refractivity contribution in [3.8, 4) is 11.8 Å². The van der Waals surface area contributed by atoms with E-state index in [4.69, 9.17) is 4.74 Å². The predicted molar refractivity (Wildman–Crippen MR) is 96.2 cm³/mol. The lowest BCUT2D eigenvalue weighted by molar-refractivity contribution is -0.148. The fourth-order valence-corrected chi connectivity index (χ4v) is 3.19. The van der Waals surface area contributed by atoms with Crippen LogP contribution in [0.3, 0.4) is 0 Å². The molecular formula is C18H24N4O4. The lowest BCUT2D eigenvalue weighted by Gasteiger charge is -2.36. The van der Waals surface area contributed by atoms with Crippen LogP contribution in [-0.4, -0.2) is 69.5 Å². The second-order valence-corrected chi connectivity index (χ2v) is 6.37. The third-order valence-corrected chi connectivity index (χ3v) is 4.46. The molecule has 26 heavy (non-hydrogen) atoms. The number of aromatic nitrogens is 2. The van der Waals surface area contributed by atoms with E-state index >= 15 is 0 Å². The summed E-state index contributed by atoms with van der Waals surface area (Å²) in [5, 5.41) is 19.6. The number of esters is 1. The minimum atomic E-state index is -0.460. The zero-order valence-electron chi connectivity index (χ0n) is 14.8. The lowest BCUT2D eigenvalue weighted by atomic mass is 10.2. The van der Waals surface area contributed by atoms with Gasteiger partial charge in [0.2, 0.25) is 0 Å². The molecule has 0 saturated carbocycles. The number of pyridine rings is 1. The molecule has 0 radical (unpaired) electrons.